The molecule has 5 heterocycles. The number of H-pyrrole nitrogens is 1. The molecule has 17 nitrogen and oxygen atoms in total. The number of nitrogen functional groups attached to an aromatic ring is 1. The van der Waals surface area contributed by atoms with E-state index in [1.165, 1.54) is 19.3 Å². The summed E-state index contributed by atoms with van der Waals surface area (Å²) in [6.45, 7) is 2.17. The quantitative estimate of drug-likeness (QED) is 0.240. The smallest absolute Gasteiger partial charge is 0.354 e. The molecular formula is C20H27N8O9P. The van der Waals surface area contributed by atoms with Gasteiger partial charge in [-0.15, -0.1) is 0 Å². The van der Waals surface area contributed by atoms with Crippen LogP contribution in [0.2, 0.25) is 0 Å². The number of ether oxygens (including phenoxy) is 2. The highest BCUT2D eigenvalue weighted by Crippen LogP contribution is 2.49. The Bertz CT molecular complexity index is 1490. The number of hydrogen-bond donors (Lipinski definition) is 4. The van der Waals surface area contributed by atoms with Crippen LogP contribution in [0.1, 0.15) is 31.1 Å². The molecule has 3 aromatic rings. The average molecular weight is 554 g/mol. The zero-order valence-electron chi connectivity index (χ0n) is 20.4. The van der Waals surface area contributed by atoms with Gasteiger partial charge in [-0.05, 0) is 6.92 Å². The summed E-state index contributed by atoms with van der Waals surface area (Å²) in [4.78, 5) is 42.5. The Balaban J connectivity index is 1.23. The number of nitrogens with two attached hydrogens (primary N) is 1. The van der Waals surface area contributed by atoms with Crippen molar-refractivity contribution in [1.82, 2.24) is 34.1 Å². The number of imidazole rings is 1. The lowest BCUT2D eigenvalue weighted by Crippen LogP contribution is -2.30. The van der Waals surface area contributed by atoms with E-state index in [0.717, 1.165) is 4.57 Å². The average Bonchev–Trinajstić information content (AvgIpc) is 3.54. The van der Waals surface area contributed by atoms with E-state index in [0.29, 0.717) is 11.5 Å². The number of nitrogens with one attached hydrogen (secondary N) is 1. The Labute approximate surface area is 214 Å². The van der Waals surface area contributed by atoms with Crippen molar-refractivity contribution in [2.24, 2.45) is 0 Å². The van der Waals surface area contributed by atoms with Crippen LogP contribution in [-0.4, -0.2) is 88.6 Å². The van der Waals surface area contributed by atoms with E-state index in [2.05, 4.69) is 24.9 Å². The van der Waals surface area contributed by atoms with Gasteiger partial charge in [0.1, 0.15) is 36.8 Å². The second kappa shape index (κ2) is 10.3. The number of hydrogen-bond acceptors (Lipinski definition) is 14. The third-order valence-electron chi connectivity index (χ3n) is 6.28. The zero-order chi connectivity index (χ0) is 27.2. The van der Waals surface area contributed by atoms with Crippen molar-refractivity contribution < 1.29 is 33.3 Å². The molecule has 0 saturated carbocycles. The Hall–Kier alpha value is -3.05. The second-order valence-corrected chi connectivity index (χ2v) is 11.1. The molecule has 206 valence electrons. The van der Waals surface area contributed by atoms with Gasteiger partial charge in [0, 0.05) is 19.5 Å². The standard InChI is InChI=1S/C20H27N8O9P/c1-9-24-17-16(18(31)25-9)22-7-27(17)15-4-11(12(5-29)35-15)37-38(2,33)34-6-13-10(30)3-14(36-13)28-8-23-19(21)26-20(28)32/h7-8,10-15,29-30H,3-6H2,1-2H3,(H2,21,26,32)(H,24,25,31)/t10?,11?,12-,13-,14-,15-,38?/m1/s1. The minimum Gasteiger partial charge on any atom is -0.394 e. The number of fused-ring (bicyclic) bond motifs is 1. The summed E-state index contributed by atoms with van der Waals surface area (Å²) in [6.07, 6.45) is -2.37. The summed E-state index contributed by atoms with van der Waals surface area (Å²) in [5, 5.41) is 20.2. The van der Waals surface area contributed by atoms with Gasteiger partial charge in [0.05, 0.1) is 31.7 Å². The molecule has 7 atom stereocenters. The van der Waals surface area contributed by atoms with E-state index in [1.807, 2.05) is 0 Å². The molecule has 3 unspecified atom stereocenters. The van der Waals surface area contributed by atoms with E-state index in [4.69, 9.17) is 24.3 Å². The highest BCUT2D eigenvalue weighted by Gasteiger charge is 2.42. The third kappa shape index (κ3) is 5.26. The molecule has 5 rings (SSSR count). The van der Waals surface area contributed by atoms with Crippen molar-refractivity contribution in [1.29, 1.82) is 0 Å². The number of aryl methyl sites for hydroxylation is 1. The first kappa shape index (κ1) is 26.6. The predicted octanol–water partition coefficient (Wildman–Crippen LogP) is -1.18. The van der Waals surface area contributed by atoms with Gasteiger partial charge in [-0.3, -0.25) is 18.5 Å². The molecule has 0 aliphatic carbocycles. The lowest BCUT2D eigenvalue weighted by molar-refractivity contribution is -0.0512. The maximum atomic E-state index is 13.1. The molecule has 0 radical (unpaired) electrons. The van der Waals surface area contributed by atoms with E-state index in [-0.39, 0.29) is 30.9 Å². The van der Waals surface area contributed by atoms with Gasteiger partial charge in [-0.2, -0.15) is 4.98 Å². The first-order chi connectivity index (χ1) is 18.0. The maximum absolute atomic E-state index is 13.1. The first-order valence-electron chi connectivity index (χ1n) is 11.7. The van der Waals surface area contributed by atoms with Gasteiger partial charge in [0.25, 0.3) is 5.56 Å². The molecule has 0 aromatic carbocycles. The highest BCUT2D eigenvalue weighted by atomic mass is 31.2. The van der Waals surface area contributed by atoms with Gasteiger partial charge in [-0.25, -0.2) is 19.7 Å². The molecule has 3 aromatic heterocycles. The lowest BCUT2D eigenvalue weighted by Gasteiger charge is -2.23. The van der Waals surface area contributed by atoms with Crippen molar-refractivity contribution in [3.05, 3.63) is 39.3 Å². The summed E-state index contributed by atoms with van der Waals surface area (Å²) in [5.74, 6) is 0.210. The molecule has 5 N–H and O–H groups in total. The number of aliphatic hydroxyl groups excluding tert-OH is 2. The van der Waals surface area contributed by atoms with Crippen LogP contribution in [0, 0.1) is 6.92 Å². The van der Waals surface area contributed by atoms with Crippen LogP contribution in [0.3, 0.4) is 0 Å². The van der Waals surface area contributed by atoms with Gasteiger partial charge in [-0.1, -0.05) is 0 Å². The molecule has 2 aliphatic rings. The zero-order valence-corrected chi connectivity index (χ0v) is 21.3. The molecule has 0 bridgehead atoms. The maximum Gasteiger partial charge on any atom is 0.354 e. The van der Waals surface area contributed by atoms with Crippen molar-refractivity contribution in [2.45, 2.75) is 56.6 Å². The minimum atomic E-state index is -3.73. The van der Waals surface area contributed by atoms with E-state index in [1.54, 1.807) is 11.5 Å². The molecule has 2 aliphatic heterocycles. The number of anilines is 1. The number of nitrogens with zero attached hydrogens (tertiary/aromatic N) is 6. The van der Waals surface area contributed by atoms with Crippen molar-refractivity contribution in [3.8, 4) is 0 Å². The first-order valence-corrected chi connectivity index (χ1v) is 13.7. The van der Waals surface area contributed by atoms with Gasteiger partial charge < -0.3 is 39.5 Å². The van der Waals surface area contributed by atoms with Gasteiger partial charge >= 0.3 is 13.3 Å². The summed E-state index contributed by atoms with van der Waals surface area (Å²) in [6, 6.07) is 0. The Morgan fingerprint density at radius 1 is 1.16 bits per heavy atom. The van der Waals surface area contributed by atoms with Crippen molar-refractivity contribution in [2.75, 3.05) is 25.6 Å². The highest BCUT2D eigenvalue weighted by molar-refractivity contribution is 7.53. The van der Waals surface area contributed by atoms with Crippen LogP contribution < -0.4 is 17.0 Å². The van der Waals surface area contributed by atoms with E-state index < -0.39 is 62.3 Å². The largest absolute Gasteiger partial charge is 0.394 e. The fraction of sp³-hybridized carbons (Fsp3) is 0.600. The van der Waals surface area contributed by atoms with Crippen LogP contribution >= 0.6 is 7.60 Å². The monoisotopic (exact) mass is 554 g/mol. The number of aromatic nitrogens is 7. The van der Waals surface area contributed by atoms with Crippen LogP contribution in [-0.2, 0) is 23.1 Å². The van der Waals surface area contributed by atoms with E-state index >= 15 is 0 Å². The van der Waals surface area contributed by atoms with Gasteiger partial charge in [0.2, 0.25) is 5.95 Å². The normalized spacial score (nSPS) is 29.2. The van der Waals surface area contributed by atoms with Crippen LogP contribution in [0.5, 0.6) is 0 Å². The SMILES string of the molecule is Cc1nc2c(ncn2[C@H]2CC(OP(C)(=O)OC[C@H]3O[C@@H](n4cnc(N)nc4=O)CC3O)[C@@H](CO)O2)c(=O)[nH]1. The lowest BCUT2D eigenvalue weighted by atomic mass is 10.2. The molecule has 2 fully saturated rings. The number of aliphatic hydroxyl groups is 2. The third-order valence-corrected chi connectivity index (χ3v) is 7.55. The Morgan fingerprint density at radius 2 is 1.87 bits per heavy atom. The number of rotatable bonds is 8. The molecular weight excluding hydrogens is 527 g/mol. The molecule has 0 spiro atoms. The fourth-order valence-electron chi connectivity index (χ4n) is 4.47. The summed E-state index contributed by atoms with van der Waals surface area (Å²) < 4.78 is 38.6. The van der Waals surface area contributed by atoms with Crippen LogP contribution in [0.15, 0.2) is 22.2 Å². The molecule has 0 amide bonds. The summed E-state index contributed by atoms with van der Waals surface area (Å²) >= 11 is 0. The molecule has 18 heteroatoms. The number of aromatic amines is 1. The second-order valence-electron chi connectivity index (χ2n) is 9.07. The summed E-state index contributed by atoms with van der Waals surface area (Å²) in [7, 11) is -3.73. The van der Waals surface area contributed by atoms with E-state index in [9.17, 15) is 24.4 Å². The minimum absolute atomic E-state index is 0.0516. The Morgan fingerprint density at radius 3 is 2.61 bits per heavy atom. The molecule has 2 saturated heterocycles. The van der Waals surface area contributed by atoms with Crippen LogP contribution in [0.4, 0.5) is 5.95 Å². The topological polar surface area (TPSA) is 232 Å². The van der Waals surface area contributed by atoms with Crippen molar-refractivity contribution in [3.63, 3.8) is 0 Å². The predicted molar refractivity (Wildman–Crippen MR) is 128 cm³/mol. The Kier molecular flexibility index (Phi) is 7.17. The van der Waals surface area contributed by atoms with Gasteiger partial charge in [0.15, 0.2) is 11.2 Å². The van der Waals surface area contributed by atoms with Crippen LogP contribution in [0.25, 0.3) is 11.2 Å². The molecule has 38 heavy (non-hydrogen) atoms. The fourth-order valence-corrected chi connectivity index (χ4v) is 5.66. The van der Waals surface area contributed by atoms with Crippen molar-refractivity contribution >= 4 is 24.7 Å². The summed E-state index contributed by atoms with van der Waals surface area (Å²) in [5.41, 5.74) is 4.75.